The Hall–Kier alpha value is -2.12. The minimum absolute atomic E-state index is 0.273. The lowest BCUT2D eigenvalue weighted by atomic mass is 10.2. The first kappa shape index (κ1) is 13.8. The summed E-state index contributed by atoms with van der Waals surface area (Å²) in [5, 5.41) is 13.3. The van der Waals surface area contributed by atoms with Gasteiger partial charge in [-0.05, 0) is 41.4 Å². The standard InChI is InChI=1S/C14H11FN4S2/c15-11-5-3-10(4-6-11)9-16-19-13(17-18-14(19)20)8-12-2-1-7-21-12/h1-7,9H,8H2,(H,18,20). The lowest BCUT2D eigenvalue weighted by molar-refractivity contribution is 0.628. The number of aromatic amines is 1. The molecule has 0 saturated heterocycles. The van der Waals surface area contributed by atoms with E-state index in [2.05, 4.69) is 15.3 Å². The molecule has 0 aliphatic heterocycles. The van der Waals surface area contributed by atoms with Crippen LogP contribution in [0.15, 0.2) is 46.9 Å². The van der Waals surface area contributed by atoms with E-state index in [0.717, 1.165) is 11.4 Å². The Bertz CT molecular complexity index is 800. The van der Waals surface area contributed by atoms with Crippen LogP contribution < -0.4 is 0 Å². The summed E-state index contributed by atoms with van der Waals surface area (Å²) in [7, 11) is 0. The zero-order valence-electron chi connectivity index (χ0n) is 10.9. The van der Waals surface area contributed by atoms with Crippen LogP contribution in [0.1, 0.15) is 16.3 Å². The molecule has 1 aromatic carbocycles. The number of benzene rings is 1. The van der Waals surface area contributed by atoms with Crippen LogP contribution >= 0.6 is 23.6 Å². The molecule has 7 heteroatoms. The summed E-state index contributed by atoms with van der Waals surface area (Å²) in [6.45, 7) is 0. The minimum atomic E-state index is -0.273. The lowest BCUT2D eigenvalue weighted by Crippen LogP contribution is -1.99. The largest absolute Gasteiger partial charge is 0.250 e. The molecule has 0 radical (unpaired) electrons. The zero-order valence-corrected chi connectivity index (χ0v) is 12.5. The normalized spacial score (nSPS) is 11.3. The van der Waals surface area contributed by atoms with Gasteiger partial charge >= 0.3 is 0 Å². The highest BCUT2D eigenvalue weighted by molar-refractivity contribution is 7.71. The van der Waals surface area contributed by atoms with Crippen molar-refractivity contribution < 1.29 is 4.39 Å². The Labute approximate surface area is 129 Å². The number of H-pyrrole nitrogens is 1. The molecule has 0 amide bonds. The van der Waals surface area contributed by atoms with Crippen molar-refractivity contribution in [1.82, 2.24) is 14.9 Å². The maximum Gasteiger partial charge on any atom is 0.216 e. The smallest absolute Gasteiger partial charge is 0.216 e. The Morgan fingerprint density at radius 2 is 2.14 bits per heavy atom. The summed E-state index contributed by atoms with van der Waals surface area (Å²) in [5.74, 6) is 0.464. The van der Waals surface area contributed by atoms with Gasteiger partial charge in [-0.25, -0.2) is 4.39 Å². The maximum absolute atomic E-state index is 12.9. The predicted molar refractivity (Wildman–Crippen MR) is 83.9 cm³/mol. The molecule has 0 bridgehead atoms. The van der Waals surface area contributed by atoms with Gasteiger partial charge in [-0.1, -0.05) is 18.2 Å². The van der Waals surface area contributed by atoms with Gasteiger partial charge in [-0.2, -0.15) is 14.9 Å². The van der Waals surface area contributed by atoms with Gasteiger partial charge in [-0.3, -0.25) is 5.10 Å². The van der Waals surface area contributed by atoms with E-state index in [1.165, 1.54) is 17.0 Å². The summed E-state index contributed by atoms with van der Waals surface area (Å²) < 4.78 is 14.9. The zero-order chi connectivity index (χ0) is 14.7. The topological polar surface area (TPSA) is 46.0 Å². The van der Waals surface area contributed by atoms with Crippen molar-refractivity contribution >= 4 is 29.8 Å². The first-order chi connectivity index (χ1) is 10.2. The van der Waals surface area contributed by atoms with E-state index in [-0.39, 0.29) is 5.82 Å². The fraction of sp³-hybridized carbons (Fsp3) is 0.0714. The Morgan fingerprint density at radius 3 is 2.86 bits per heavy atom. The second-order valence-electron chi connectivity index (χ2n) is 4.31. The van der Waals surface area contributed by atoms with Crippen molar-refractivity contribution in [1.29, 1.82) is 0 Å². The summed E-state index contributed by atoms with van der Waals surface area (Å²) in [4.78, 5) is 1.18. The van der Waals surface area contributed by atoms with Crippen molar-refractivity contribution in [2.75, 3.05) is 0 Å². The first-order valence-electron chi connectivity index (χ1n) is 6.21. The molecule has 0 spiro atoms. The van der Waals surface area contributed by atoms with Gasteiger partial charge in [0.2, 0.25) is 4.77 Å². The van der Waals surface area contributed by atoms with Gasteiger partial charge in [-0.15, -0.1) is 11.3 Å². The van der Waals surface area contributed by atoms with Gasteiger partial charge in [0.05, 0.1) is 6.21 Å². The highest BCUT2D eigenvalue weighted by Crippen LogP contribution is 2.13. The first-order valence-corrected chi connectivity index (χ1v) is 7.50. The fourth-order valence-electron chi connectivity index (χ4n) is 1.80. The van der Waals surface area contributed by atoms with Crippen LogP contribution in [0.25, 0.3) is 0 Å². The molecular formula is C14H11FN4S2. The molecule has 0 fully saturated rings. The van der Waals surface area contributed by atoms with Gasteiger partial charge < -0.3 is 0 Å². The van der Waals surface area contributed by atoms with Crippen LogP contribution in [0.3, 0.4) is 0 Å². The number of hydrogen-bond acceptors (Lipinski definition) is 4. The van der Waals surface area contributed by atoms with Crippen LogP contribution in [0, 0.1) is 10.6 Å². The van der Waals surface area contributed by atoms with Crippen LogP contribution in [-0.2, 0) is 6.42 Å². The average Bonchev–Trinajstić information content (AvgIpc) is 3.10. The van der Waals surface area contributed by atoms with Gasteiger partial charge in [0.25, 0.3) is 0 Å². The maximum atomic E-state index is 12.9. The summed E-state index contributed by atoms with van der Waals surface area (Å²) in [6, 6.07) is 10.1. The second kappa shape index (κ2) is 6.11. The molecule has 0 atom stereocenters. The fourth-order valence-corrected chi connectivity index (χ4v) is 2.70. The van der Waals surface area contributed by atoms with E-state index in [4.69, 9.17) is 12.2 Å². The Morgan fingerprint density at radius 1 is 1.33 bits per heavy atom. The quantitative estimate of drug-likeness (QED) is 0.590. The third kappa shape index (κ3) is 3.32. The van der Waals surface area contributed by atoms with E-state index in [0.29, 0.717) is 11.2 Å². The Balaban J connectivity index is 1.86. The van der Waals surface area contributed by atoms with Gasteiger partial charge in [0.15, 0.2) is 5.82 Å². The molecule has 21 heavy (non-hydrogen) atoms. The van der Waals surface area contributed by atoms with E-state index in [9.17, 15) is 4.39 Å². The highest BCUT2D eigenvalue weighted by Gasteiger charge is 2.06. The average molecular weight is 318 g/mol. The van der Waals surface area contributed by atoms with Crippen LogP contribution in [0.4, 0.5) is 4.39 Å². The molecule has 2 aromatic heterocycles. The minimum Gasteiger partial charge on any atom is -0.250 e. The lowest BCUT2D eigenvalue weighted by Gasteiger charge is -1.99. The van der Waals surface area contributed by atoms with E-state index in [1.807, 2.05) is 17.5 Å². The number of hydrogen-bond donors (Lipinski definition) is 1. The monoisotopic (exact) mass is 318 g/mol. The number of rotatable bonds is 4. The molecular weight excluding hydrogens is 307 g/mol. The molecule has 1 N–H and O–H groups in total. The molecule has 3 aromatic rings. The van der Waals surface area contributed by atoms with Gasteiger partial charge in [0, 0.05) is 11.3 Å². The molecule has 4 nitrogen and oxygen atoms in total. The molecule has 0 aliphatic rings. The molecule has 3 rings (SSSR count). The van der Waals surface area contributed by atoms with Crippen LogP contribution in [-0.4, -0.2) is 21.1 Å². The SMILES string of the molecule is Fc1ccc(C=Nn2c(Cc3cccs3)n[nH]c2=S)cc1. The molecule has 0 unspecified atom stereocenters. The highest BCUT2D eigenvalue weighted by atomic mass is 32.1. The molecule has 2 heterocycles. The number of aromatic nitrogens is 3. The van der Waals surface area contributed by atoms with Crippen molar-refractivity contribution in [3.8, 4) is 0 Å². The number of halogens is 1. The van der Waals surface area contributed by atoms with E-state index < -0.39 is 0 Å². The molecule has 0 aliphatic carbocycles. The van der Waals surface area contributed by atoms with Crippen molar-refractivity contribution in [2.24, 2.45) is 5.10 Å². The number of nitrogens with zero attached hydrogens (tertiary/aromatic N) is 3. The summed E-state index contributed by atoms with van der Waals surface area (Å²) in [5.41, 5.74) is 0.793. The molecule has 0 saturated carbocycles. The van der Waals surface area contributed by atoms with E-state index >= 15 is 0 Å². The van der Waals surface area contributed by atoms with Crippen LogP contribution in [0.5, 0.6) is 0 Å². The van der Waals surface area contributed by atoms with E-state index in [1.54, 1.807) is 34.4 Å². The Kier molecular flexibility index (Phi) is 4.03. The predicted octanol–water partition coefficient (Wildman–Crippen LogP) is 3.61. The number of thiophene rings is 1. The van der Waals surface area contributed by atoms with Crippen molar-refractivity contribution in [3.05, 3.63) is 68.6 Å². The number of nitrogens with one attached hydrogen (secondary N) is 1. The van der Waals surface area contributed by atoms with Crippen molar-refractivity contribution in [3.63, 3.8) is 0 Å². The van der Waals surface area contributed by atoms with Crippen molar-refractivity contribution in [2.45, 2.75) is 6.42 Å². The van der Waals surface area contributed by atoms with Crippen LogP contribution in [0.2, 0.25) is 0 Å². The third-order valence-corrected chi connectivity index (χ3v) is 3.96. The van der Waals surface area contributed by atoms with Gasteiger partial charge in [0.1, 0.15) is 5.82 Å². The molecule has 106 valence electrons. The summed E-state index contributed by atoms with van der Waals surface area (Å²) in [6.07, 6.45) is 2.29. The second-order valence-corrected chi connectivity index (χ2v) is 5.73. The summed E-state index contributed by atoms with van der Waals surface area (Å²) >= 11 is 6.84. The third-order valence-electron chi connectivity index (χ3n) is 2.82.